The van der Waals surface area contributed by atoms with Crippen LogP contribution in [0, 0.1) is 6.92 Å². The lowest BCUT2D eigenvalue weighted by Gasteiger charge is -2.41. The molecule has 0 bridgehead atoms. The zero-order valence-corrected chi connectivity index (χ0v) is 16.6. The van der Waals surface area contributed by atoms with Gasteiger partial charge in [-0.2, -0.15) is 0 Å². The topological polar surface area (TPSA) is 42.3 Å². The average Bonchev–Trinajstić information content (AvgIpc) is 3.17. The van der Waals surface area contributed by atoms with Crippen molar-refractivity contribution in [3.63, 3.8) is 0 Å². The number of likely N-dealkylation sites (tertiary alicyclic amines) is 1. The lowest BCUT2D eigenvalue weighted by atomic mass is 9.93. The Morgan fingerprint density at radius 3 is 2.59 bits per heavy atom. The minimum atomic E-state index is -0.214. The number of carbonyl (C=O) groups is 1. The second kappa shape index (κ2) is 7.03. The maximum atomic E-state index is 13.4. The summed E-state index contributed by atoms with van der Waals surface area (Å²) in [5, 5.41) is 0. The highest BCUT2D eigenvalue weighted by Gasteiger charge is 2.35. The van der Waals surface area contributed by atoms with Gasteiger partial charge in [-0.3, -0.25) is 14.2 Å². The molecule has 2 aromatic carbocycles. The molecule has 1 saturated heterocycles. The van der Waals surface area contributed by atoms with Crippen molar-refractivity contribution in [2.24, 2.45) is 0 Å². The fraction of sp³-hybridized carbons (Fsp3) is 0.280. The van der Waals surface area contributed by atoms with Crippen LogP contribution in [0.25, 0.3) is 5.69 Å². The van der Waals surface area contributed by atoms with E-state index in [2.05, 4.69) is 6.07 Å². The molecular weight excluding hydrogens is 360 g/mol. The number of fused-ring (bicyclic) bond motifs is 1. The predicted molar refractivity (Wildman–Crippen MR) is 114 cm³/mol. The van der Waals surface area contributed by atoms with Gasteiger partial charge < -0.3 is 4.90 Å². The van der Waals surface area contributed by atoms with Crippen molar-refractivity contribution in [1.82, 2.24) is 9.47 Å². The molecule has 4 nitrogen and oxygen atoms in total. The molecule has 0 spiro atoms. The Bertz CT molecular complexity index is 1150. The Morgan fingerprint density at radius 2 is 1.83 bits per heavy atom. The van der Waals surface area contributed by atoms with E-state index in [4.69, 9.17) is 0 Å². The van der Waals surface area contributed by atoms with Crippen LogP contribution in [-0.2, 0) is 12.8 Å². The third-order valence-corrected chi connectivity index (χ3v) is 6.36. The molecule has 2 heterocycles. The van der Waals surface area contributed by atoms with Crippen molar-refractivity contribution in [3.8, 4) is 5.69 Å². The molecule has 1 amide bonds. The van der Waals surface area contributed by atoms with Gasteiger partial charge in [-0.1, -0.05) is 42.5 Å². The Morgan fingerprint density at radius 1 is 1.00 bits per heavy atom. The van der Waals surface area contributed by atoms with Gasteiger partial charge >= 0.3 is 0 Å². The lowest BCUT2D eigenvalue weighted by Crippen LogP contribution is -2.47. The number of aromatic nitrogens is 1. The molecule has 1 unspecified atom stereocenters. The van der Waals surface area contributed by atoms with Crippen LogP contribution >= 0.6 is 0 Å². The summed E-state index contributed by atoms with van der Waals surface area (Å²) in [6.45, 7) is 2.54. The molecule has 5 rings (SSSR count). The van der Waals surface area contributed by atoms with Crippen LogP contribution in [0.15, 0.2) is 65.6 Å². The van der Waals surface area contributed by atoms with Crippen LogP contribution in [0.4, 0.5) is 0 Å². The Labute approximate surface area is 170 Å². The van der Waals surface area contributed by atoms with Gasteiger partial charge in [0.05, 0.1) is 11.7 Å². The molecule has 1 aliphatic heterocycles. The zero-order valence-electron chi connectivity index (χ0n) is 16.6. The fourth-order valence-electron chi connectivity index (χ4n) is 4.70. The predicted octanol–water partition coefficient (Wildman–Crippen LogP) is 4.22. The standard InChI is InChI=1S/C25H24N2O2/c1-17-13-15-27(22-12-6-10-18-9-5-11-20(18)22)25(29)23(17)24(28)26-16-14-21(26)19-7-3-2-4-8-19/h2-4,6-8,10,12-13,15,21H,5,9,11,14,16H2,1H3. The van der Waals surface area contributed by atoms with E-state index in [-0.39, 0.29) is 17.5 Å². The summed E-state index contributed by atoms with van der Waals surface area (Å²) in [4.78, 5) is 28.6. The van der Waals surface area contributed by atoms with E-state index in [1.165, 1.54) is 11.1 Å². The summed E-state index contributed by atoms with van der Waals surface area (Å²) >= 11 is 0. The Kier molecular flexibility index (Phi) is 4.35. The van der Waals surface area contributed by atoms with Gasteiger partial charge in [0.25, 0.3) is 11.5 Å². The molecule has 0 radical (unpaired) electrons. The quantitative estimate of drug-likeness (QED) is 0.678. The molecule has 146 valence electrons. The molecule has 1 fully saturated rings. The molecular formula is C25H24N2O2. The third-order valence-electron chi connectivity index (χ3n) is 6.36. The van der Waals surface area contributed by atoms with Crippen LogP contribution in [-0.4, -0.2) is 21.9 Å². The lowest BCUT2D eigenvalue weighted by molar-refractivity contribution is 0.0457. The van der Waals surface area contributed by atoms with Gasteiger partial charge in [0, 0.05) is 12.7 Å². The van der Waals surface area contributed by atoms with Crippen molar-refractivity contribution in [3.05, 3.63) is 99.0 Å². The van der Waals surface area contributed by atoms with Crippen molar-refractivity contribution in [1.29, 1.82) is 0 Å². The molecule has 0 saturated carbocycles. The average molecular weight is 384 g/mol. The highest BCUT2D eigenvalue weighted by molar-refractivity contribution is 5.96. The first kappa shape index (κ1) is 17.9. The number of pyridine rings is 1. The molecule has 29 heavy (non-hydrogen) atoms. The highest BCUT2D eigenvalue weighted by atomic mass is 16.2. The number of aryl methyl sites for hydroxylation is 2. The van der Waals surface area contributed by atoms with E-state index in [1.54, 1.807) is 4.57 Å². The monoisotopic (exact) mass is 384 g/mol. The van der Waals surface area contributed by atoms with Crippen LogP contribution in [0.3, 0.4) is 0 Å². The minimum absolute atomic E-state index is 0.0529. The normalized spacial score (nSPS) is 17.7. The zero-order chi connectivity index (χ0) is 20.0. The van der Waals surface area contributed by atoms with Crippen LogP contribution < -0.4 is 5.56 Å². The van der Waals surface area contributed by atoms with Crippen molar-refractivity contribution < 1.29 is 4.79 Å². The van der Waals surface area contributed by atoms with Crippen molar-refractivity contribution in [2.45, 2.75) is 38.6 Å². The number of hydrogen-bond donors (Lipinski definition) is 0. The highest BCUT2D eigenvalue weighted by Crippen LogP contribution is 2.34. The maximum Gasteiger partial charge on any atom is 0.268 e. The SMILES string of the molecule is Cc1ccn(-c2cccc3c2CCC3)c(=O)c1C(=O)N1CCC1c1ccccc1. The molecule has 0 N–H and O–H groups in total. The minimum Gasteiger partial charge on any atom is -0.331 e. The number of amides is 1. The second-order valence-corrected chi connectivity index (χ2v) is 8.03. The van der Waals surface area contributed by atoms with Gasteiger partial charge in [0.1, 0.15) is 5.56 Å². The van der Waals surface area contributed by atoms with E-state index in [0.29, 0.717) is 12.1 Å². The van der Waals surface area contributed by atoms with Crippen LogP contribution in [0.1, 0.15) is 51.5 Å². The first-order chi connectivity index (χ1) is 14.1. The Hall–Kier alpha value is -3.14. The van der Waals surface area contributed by atoms with Crippen LogP contribution in [0.5, 0.6) is 0 Å². The number of nitrogens with zero attached hydrogens (tertiary/aromatic N) is 2. The summed E-state index contributed by atoms with van der Waals surface area (Å²) in [6, 6.07) is 18.1. The summed E-state index contributed by atoms with van der Waals surface area (Å²) < 4.78 is 1.67. The van der Waals surface area contributed by atoms with Gasteiger partial charge in [-0.15, -0.1) is 0 Å². The summed E-state index contributed by atoms with van der Waals surface area (Å²) in [7, 11) is 0. The smallest absolute Gasteiger partial charge is 0.268 e. The van der Waals surface area contributed by atoms with E-state index < -0.39 is 0 Å². The first-order valence-electron chi connectivity index (χ1n) is 10.3. The fourth-order valence-corrected chi connectivity index (χ4v) is 4.70. The van der Waals surface area contributed by atoms with E-state index in [9.17, 15) is 9.59 Å². The van der Waals surface area contributed by atoms with Gasteiger partial charge in [0.2, 0.25) is 0 Å². The van der Waals surface area contributed by atoms with E-state index in [1.807, 2.05) is 66.6 Å². The number of benzene rings is 2. The van der Waals surface area contributed by atoms with Crippen molar-refractivity contribution >= 4 is 5.91 Å². The molecule has 1 aromatic heterocycles. The molecule has 3 aromatic rings. The van der Waals surface area contributed by atoms with E-state index >= 15 is 0 Å². The summed E-state index contributed by atoms with van der Waals surface area (Å²) in [6.07, 6.45) is 5.90. The first-order valence-corrected chi connectivity index (χ1v) is 10.3. The third kappa shape index (κ3) is 2.91. The van der Waals surface area contributed by atoms with E-state index in [0.717, 1.165) is 42.5 Å². The van der Waals surface area contributed by atoms with Gasteiger partial charge in [0.15, 0.2) is 0 Å². The van der Waals surface area contributed by atoms with Gasteiger partial charge in [-0.05, 0) is 67.0 Å². The van der Waals surface area contributed by atoms with Crippen molar-refractivity contribution in [2.75, 3.05) is 6.54 Å². The summed E-state index contributed by atoms with van der Waals surface area (Å²) in [5.41, 5.74) is 5.42. The largest absolute Gasteiger partial charge is 0.331 e. The Balaban J connectivity index is 1.55. The number of carbonyl (C=O) groups excluding carboxylic acids is 1. The van der Waals surface area contributed by atoms with Crippen LogP contribution in [0.2, 0.25) is 0 Å². The van der Waals surface area contributed by atoms with Gasteiger partial charge in [-0.25, -0.2) is 0 Å². The number of rotatable bonds is 3. The summed E-state index contributed by atoms with van der Waals surface area (Å²) in [5.74, 6) is -0.158. The molecule has 1 atom stereocenters. The molecule has 2 aliphatic rings. The molecule has 4 heteroatoms. The number of hydrogen-bond acceptors (Lipinski definition) is 2. The second-order valence-electron chi connectivity index (χ2n) is 8.03. The molecule has 1 aliphatic carbocycles. The maximum absolute atomic E-state index is 13.4.